The van der Waals surface area contributed by atoms with Gasteiger partial charge in [0.2, 0.25) is 0 Å². The van der Waals surface area contributed by atoms with Crippen molar-refractivity contribution in [2.45, 2.75) is 32.2 Å². The minimum atomic E-state index is 0.826. The van der Waals surface area contributed by atoms with Crippen molar-refractivity contribution in [1.29, 1.82) is 0 Å². The SMILES string of the molecule is Brc1cc2c(c(CNCCN3CCCCC3)c1)OCC2. The molecule has 20 heavy (non-hydrogen) atoms. The minimum Gasteiger partial charge on any atom is -0.493 e. The maximum Gasteiger partial charge on any atom is 0.127 e. The van der Waals surface area contributed by atoms with Crippen LogP contribution in [0, 0.1) is 0 Å². The second-order valence-corrected chi connectivity index (χ2v) is 6.65. The van der Waals surface area contributed by atoms with E-state index in [2.05, 4.69) is 38.3 Å². The van der Waals surface area contributed by atoms with Crippen LogP contribution in [-0.2, 0) is 13.0 Å². The third-order valence-electron chi connectivity index (χ3n) is 4.19. The quantitative estimate of drug-likeness (QED) is 0.835. The van der Waals surface area contributed by atoms with E-state index in [0.717, 1.165) is 42.9 Å². The van der Waals surface area contributed by atoms with Gasteiger partial charge in [-0.3, -0.25) is 0 Å². The number of rotatable bonds is 5. The van der Waals surface area contributed by atoms with E-state index in [4.69, 9.17) is 4.74 Å². The van der Waals surface area contributed by atoms with Gasteiger partial charge in [0.1, 0.15) is 5.75 Å². The summed E-state index contributed by atoms with van der Waals surface area (Å²) in [7, 11) is 0. The van der Waals surface area contributed by atoms with Gasteiger partial charge in [0.15, 0.2) is 0 Å². The number of nitrogens with one attached hydrogen (secondary N) is 1. The summed E-state index contributed by atoms with van der Waals surface area (Å²) in [5.74, 6) is 1.11. The first-order chi connectivity index (χ1) is 9.83. The molecule has 1 saturated heterocycles. The molecule has 0 spiro atoms. The number of likely N-dealkylation sites (tertiary alicyclic amines) is 1. The molecule has 1 N–H and O–H groups in total. The van der Waals surface area contributed by atoms with Crippen molar-refractivity contribution >= 4 is 15.9 Å². The normalized spacial score (nSPS) is 18.9. The molecule has 3 rings (SSSR count). The number of hydrogen-bond donors (Lipinski definition) is 1. The highest BCUT2D eigenvalue weighted by Crippen LogP contribution is 2.32. The zero-order valence-corrected chi connectivity index (χ0v) is 13.5. The average Bonchev–Trinajstić information content (AvgIpc) is 2.92. The Morgan fingerprint density at radius 2 is 2.05 bits per heavy atom. The largest absolute Gasteiger partial charge is 0.493 e. The number of piperidine rings is 1. The maximum absolute atomic E-state index is 5.76. The summed E-state index contributed by atoms with van der Waals surface area (Å²) in [6, 6.07) is 4.36. The molecule has 3 nitrogen and oxygen atoms in total. The summed E-state index contributed by atoms with van der Waals surface area (Å²) in [5, 5.41) is 3.56. The Hall–Kier alpha value is -0.580. The summed E-state index contributed by atoms with van der Waals surface area (Å²) in [4.78, 5) is 2.57. The first-order valence-electron chi connectivity index (χ1n) is 7.70. The van der Waals surface area contributed by atoms with Crippen molar-refractivity contribution in [3.8, 4) is 5.75 Å². The topological polar surface area (TPSA) is 24.5 Å². The van der Waals surface area contributed by atoms with E-state index in [1.165, 1.54) is 43.5 Å². The number of ether oxygens (including phenoxy) is 1. The molecule has 0 saturated carbocycles. The van der Waals surface area contributed by atoms with E-state index in [0.29, 0.717) is 0 Å². The van der Waals surface area contributed by atoms with Crippen LogP contribution in [0.4, 0.5) is 0 Å². The lowest BCUT2D eigenvalue weighted by Crippen LogP contribution is -2.35. The molecule has 1 aromatic rings. The fraction of sp³-hybridized carbons (Fsp3) is 0.625. The molecule has 0 bridgehead atoms. The third kappa shape index (κ3) is 3.54. The number of benzene rings is 1. The average molecular weight is 339 g/mol. The van der Waals surface area contributed by atoms with Crippen LogP contribution in [0.1, 0.15) is 30.4 Å². The summed E-state index contributed by atoms with van der Waals surface area (Å²) < 4.78 is 6.92. The van der Waals surface area contributed by atoms with Crippen molar-refractivity contribution in [2.75, 3.05) is 32.8 Å². The Bertz CT molecular complexity index is 458. The highest BCUT2D eigenvalue weighted by atomic mass is 79.9. The van der Waals surface area contributed by atoms with Crippen LogP contribution in [0.3, 0.4) is 0 Å². The molecule has 0 unspecified atom stereocenters. The maximum atomic E-state index is 5.76. The molecule has 4 heteroatoms. The van der Waals surface area contributed by atoms with Crippen LogP contribution in [0.2, 0.25) is 0 Å². The molecule has 2 heterocycles. The predicted molar refractivity (Wildman–Crippen MR) is 85.3 cm³/mol. The Morgan fingerprint density at radius 3 is 2.90 bits per heavy atom. The van der Waals surface area contributed by atoms with Gasteiger partial charge in [0, 0.05) is 36.1 Å². The standard InChI is InChI=1S/C16H23BrN2O/c17-15-10-13-4-9-20-16(13)14(11-15)12-18-5-8-19-6-2-1-3-7-19/h10-11,18H,1-9,12H2. The Kier molecular flexibility index (Phi) is 4.97. The van der Waals surface area contributed by atoms with Gasteiger partial charge in [0.05, 0.1) is 6.61 Å². The molecule has 0 amide bonds. The second-order valence-electron chi connectivity index (χ2n) is 5.73. The van der Waals surface area contributed by atoms with Gasteiger partial charge >= 0.3 is 0 Å². The predicted octanol–water partition coefficient (Wildman–Crippen LogP) is 2.96. The van der Waals surface area contributed by atoms with Gasteiger partial charge in [-0.2, -0.15) is 0 Å². The van der Waals surface area contributed by atoms with Gasteiger partial charge in [-0.15, -0.1) is 0 Å². The van der Waals surface area contributed by atoms with E-state index < -0.39 is 0 Å². The summed E-state index contributed by atoms with van der Waals surface area (Å²) >= 11 is 3.60. The number of nitrogens with zero attached hydrogens (tertiary/aromatic N) is 1. The molecule has 0 atom stereocenters. The second kappa shape index (κ2) is 6.92. The van der Waals surface area contributed by atoms with Gasteiger partial charge in [0.25, 0.3) is 0 Å². The van der Waals surface area contributed by atoms with E-state index in [1.54, 1.807) is 0 Å². The molecular formula is C16H23BrN2O. The van der Waals surface area contributed by atoms with Gasteiger partial charge < -0.3 is 15.0 Å². The highest BCUT2D eigenvalue weighted by molar-refractivity contribution is 9.10. The van der Waals surface area contributed by atoms with Gasteiger partial charge in [-0.05, 0) is 43.6 Å². The lowest BCUT2D eigenvalue weighted by Gasteiger charge is -2.26. The van der Waals surface area contributed by atoms with E-state index in [-0.39, 0.29) is 0 Å². The van der Waals surface area contributed by atoms with Gasteiger partial charge in [-0.1, -0.05) is 22.4 Å². The third-order valence-corrected chi connectivity index (χ3v) is 4.65. The summed E-state index contributed by atoms with van der Waals surface area (Å²) in [6.07, 6.45) is 5.18. The monoisotopic (exact) mass is 338 g/mol. The van der Waals surface area contributed by atoms with Crippen LogP contribution in [0.25, 0.3) is 0 Å². The van der Waals surface area contributed by atoms with E-state index in [1.807, 2.05) is 0 Å². The molecule has 2 aliphatic rings. The Balaban J connectivity index is 1.49. The first-order valence-corrected chi connectivity index (χ1v) is 8.49. The van der Waals surface area contributed by atoms with E-state index >= 15 is 0 Å². The molecule has 0 radical (unpaired) electrons. The molecule has 1 aromatic carbocycles. The van der Waals surface area contributed by atoms with Crippen molar-refractivity contribution in [3.63, 3.8) is 0 Å². The van der Waals surface area contributed by atoms with Crippen LogP contribution in [0.5, 0.6) is 5.75 Å². The van der Waals surface area contributed by atoms with Gasteiger partial charge in [-0.25, -0.2) is 0 Å². The number of fused-ring (bicyclic) bond motifs is 1. The summed E-state index contributed by atoms with van der Waals surface area (Å²) in [6.45, 7) is 6.49. The number of halogens is 1. The van der Waals surface area contributed by atoms with Crippen molar-refractivity contribution in [2.24, 2.45) is 0 Å². The van der Waals surface area contributed by atoms with Crippen molar-refractivity contribution in [1.82, 2.24) is 10.2 Å². The zero-order chi connectivity index (χ0) is 13.8. The van der Waals surface area contributed by atoms with Crippen LogP contribution >= 0.6 is 15.9 Å². The van der Waals surface area contributed by atoms with Crippen LogP contribution < -0.4 is 10.1 Å². The fourth-order valence-electron chi connectivity index (χ4n) is 3.12. The summed E-state index contributed by atoms with van der Waals surface area (Å²) in [5.41, 5.74) is 2.62. The zero-order valence-electron chi connectivity index (χ0n) is 12.0. The molecule has 0 aliphatic carbocycles. The Labute approximate surface area is 129 Å². The molecular weight excluding hydrogens is 316 g/mol. The Morgan fingerprint density at radius 1 is 1.20 bits per heavy atom. The molecule has 0 aromatic heterocycles. The fourth-order valence-corrected chi connectivity index (χ4v) is 3.67. The highest BCUT2D eigenvalue weighted by Gasteiger charge is 2.17. The van der Waals surface area contributed by atoms with Crippen molar-refractivity contribution < 1.29 is 4.74 Å². The van der Waals surface area contributed by atoms with Crippen LogP contribution in [-0.4, -0.2) is 37.7 Å². The lowest BCUT2D eigenvalue weighted by atomic mass is 10.1. The molecule has 1 fully saturated rings. The molecule has 2 aliphatic heterocycles. The van der Waals surface area contributed by atoms with E-state index in [9.17, 15) is 0 Å². The van der Waals surface area contributed by atoms with Crippen molar-refractivity contribution in [3.05, 3.63) is 27.7 Å². The molecule has 110 valence electrons. The number of hydrogen-bond acceptors (Lipinski definition) is 3. The lowest BCUT2D eigenvalue weighted by molar-refractivity contribution is 0.229. The smallest absolute Gasteiger partial charge is 0.127 e. The van der Waals surface area contributed by atoms with Crippen LogP contribution in [0.15, 0.2) is 16.6 Å². The minimum absolute atomic E-state index is 0.826. The first kappa shape index (κ1) is 14.4.